The minimum absolute atomic E-state index is 0.154. The third-order valence-electron chi connectivity index (χ3n) is 3.10. The molecule has 2 rings (SSSR count). The lowest BCUT2D eigenvalue weighted by molar-refractivity contribution is 0.0182. The fourth-order valence-electron chi connectivity index (χ4n) is 2.11. The Morgan fingerprint density at radius 3 is 2.78 bits per heavy atom. The van der Waals surface area contributed by atoms with Gasteiger partial charge in [0.15, 0.2) is 5.82 Å². The lowest BCUT2D eigenvalue weighted by atomic mass is 9.99. The maximum absolute atomic E-state index is 11.8. The lowest BCUT2D eigenvalue weighted by Crippen LogP contribution is -2.33. The van der Waals surface area contributed by atoms with E-state index in [2.05, 4.69) is 10.1 Å². The molecule has 0 amide bonds. The molecule has 1 saturated carbocycles. The highest BCUT2D eigenvalue weighted by Gasteiger charge is 2.36. The molecule has 0 aromatic carbocycles. The van der Waals surface area contributed by atoms with Crippen molar-refractivity contribution in [2.45, 2.75) is 44.1 Å². The average Bonchev–Trinajstić information content (AvgIpc) is 2.94. The number of ether oxygens (including phenoxy) is 1. The van der Waals surface area contributed by atoms with Crippen molar-refractivity contribution < 1.29 is 18.0 Å². The summed E-state index contributed by atoms with van der Waals surface area (Å²) in [4.78, 5) is 4.21. The average molecular weight is 261 g/mol. The quantitative estimate of drug-likeness (QED) is 0.788. The molecule has 0 radical (unpaired) electrons. The van der Waals surface area contributed by atoms with Crippen LogP contribution in [0, 0.1) is 0 Å². The second-order valence-electron chi connectivity index (χ2n) is 4.60. The molecule has 0 spiro atoms. The number of halogens is 2. The van der Waals surface area contributed by atoms with Crippen LogP contribution < -0.4 is 5.73 Å². The zero-order valence-electron chi connectivity index (χ0n) is 10.1. The van der Waals surface area contributed by atoms with Crippen LogP contribution in [-0.4, -0.2) is 29.8 Å². The molecule has 2 N–H and O–H groups in total. The van der Waals surface area contributed by atoms with Gasteiger partial charge in [-0.2, -0.15) is 4.98 Å². The summed E-state index contributed by atoms with van der Waals surface area (Å²) >= 11 is 0. The number of hydrogen-bond acceptors (Lipinski definition) is 5. The topological polar surface area (TPSA) is 74.2 Å². The zero-order valence-corrected chi connectivity index (χ0v) is 10.1. The Labute approximate surface area is 104 Å². The summed E-state index contributed by atoms with van der Waals surface area (Å²) in [7, 11) is 0. The van der Waals surface area contributed by atoms with Crippen LogP contribution in [0.5, 0.6) is 0 Å². The number of alkyl halides is 2. The number of rotatable bonds is 6. The van der Waals surface area contributed by atoms with E-state index in [1.54, 1.807) is 0 Å². The molecule has 102 valence electrons. The van der Waals surface area contributed by atoms with E-state index in [4.69, 9.17) is 15.0 Å². The van der Waals surface area contributed by atoms with Crippen LogP contribution in [0.1, 0.15) is 37.4 Å². The molecule has 1 aromatic heterocycles. The van der Waals surface area contributed by atoms with Crippen molar-refractivity contribution in [3.8, 4) is 0 Å². The first-order valence-corrected chi connectivity index (χ1v) is 6.08. The number of nitrogens with zero attached hydrogens (tertiary/aromatic N) is 2. The summed E-state index contributed by atoms with van der Waals surface area (Å²) in [6, 6.07) is 0. The summed E-state index contributed by atoms with van der Waals surface area (Å²) in [5, 5.41) is 3.79. The molecule has 0 aliphatic heterocycles. The van der Waals surface area contributed by atoms with Crippen LogP contribution >= 0.6 is 0 Å². The Hall–Kier alpha value is -1.08. The summed E-state index contributed by atoms with van der Waals surface area (Å²) in [5.41, 5.74) is 5.66. The van der Waals surface area contributed by atoms with E-state index in [-0.39, 0.29) is 6.61 Å². The van der Waals surface area contributed by atoms with Crippen LogP contribution in [0.15, 0.2) is 4.52 Å². The van der Waals surface area contributed by atoms with E-state index in [0.717, 1.165) is 25.7 Å². The first-order chi connectivity index (χ1) is 8.60. The van der Waals surface area contributed by atoms with Crippen molar-refractivity contribution >= 4 is 0 Å². The van der Waals surface area contributed by atoms with Crippen molar-refractivity contribution in [1.29, 1.82) is 0 Å². The van der Waals surface area contributed by atoms with Gasteiger partial charge in [0, 0.05) is 6.42 Å². The number of nitrogens with two attached hydrogens (primary N) is 1. The summed E-state index contributed by atoms with van der Waals surface area (Å²) < 4.78 is 33.6. The molecule has 7 heteroatoms. The van der Waals surface area contributed by atoms with E-state index in [0.29, 0.717) is 18.1 Å². The van der Waals surface area contributed by atoms with Gasteiger partial charge in [0.05, 0.1) is 12.1 Å². The molecule has 0 atom stereocenters. The predicted molar refractivity (Wildman–Crippen MR) is 59.2 cm³/mol. The molecule has 5 nitrogen and oxygen atoms in total. The highest BCUT2D eigenvalue weighted by molar-refractivity contribution is 5.04. The van der Waals surface area contributed by atoms with Crippen molar-refractivity contribution in [2.24, 2.45) is 5.73 Å². The van der Waals surface area contributed by atoms with Crippen LogP contribution in [0.2, 0.25) is 0 Å². The van der Waals surface area contributed by atoms with Gasteiger partial charge < -0.3 is 15.0 Å². The molecule has 1 fully saturated rings. The Morgan fingerprint density at radius 2 is 2.11 bits per heavy atom. The van der Waals surface area contributed by atoms with E-state index in [9.17, 15) is 8.78 Å². The second-order valence-corrected chi connectivity index (χ2v) is 4.60. The molecule has 1 heterocycles. The maximum atomic E-state index is 11.8. The highest BCUT2D eigenvalue weighted by Crippen LogP contribution is 2.35. The molecular weight excluding hydrogens is 244 g/mol. The summed E-state index contributed by atoms with van der Waals surface area (Å²) in [6.45, 7) is -0.410. The standard InChI is InChI=1S/C11H17F2N3O2/c12-8(13)7-17-6-3-9-15-10(18-16-9)11(14)4-1-2-5-11/h8H,1-7,14H2. The van der Waals surface area contributed by atoms with Crippen molar-refractivity contribution in [3.05, 3.63) is 11.7 Å². The van der Waals surface area contributed by atoms with Gasteiger partial charge in [0.2, 0.25) is 5.89 Å². The van der Waals surface area contributed by atoms with E-state index < -0.39 is 18.6 Å². The Morgan fingerprint density at radius 1 is 1.39 bits per heavy atom. The molecule has 18 heavy (non-hydrogen) atoms. The second kappa shape index (κ2) is 5.71. The Bertz CT molecular complexity index is 378. The fraction of sp³-hybridized carbons (Fsp3) is 0.818. The predicted octanol–water partition coefficient (Wildman–Crippen LogP) is 1.62. The lowest BCUT2D eigenvalue weighted by Gasteiger charge is -2.17. The normalized spacial score (nSPS) is 18.7. The van der Waals surface area contributed by atoms with Crippen LogP contribution in [0.4, 0.5) is 8.78 Å². The summed E-state index contributed by atoms with van der Waals surface area (Å²) in [5.74, 6) is 0.903. The maximum Gasteiger partial charge on any atom is 0.261 e. The first-order valence-electron chi connectivity index (χ1n) is 6.08. The SMILES string of the molecule is NC1(c2nc(CCOCC(F)F)no2)CCCC1. The largest absolute Gasteiger partial charge is 0.375 e. The van der Waals surface area contributed by atoms with E-state index in [1.807, 2.05) is 0 Å². The van der Waals surface area contributed by atoms with Gasteiger partial charge in [0.25, 0.3) is 6.43 Å². The minimum Gasteiger partial charge on any atom is -0.375 e. The third kappa shape index (κ3) is 3.23. The van der Waals surface area contributed by atoms with E-state index in [1.165, 1.54) is 0 Å². The first kappa shape index (κ1) is 13.4. The molecular formula is C11H17F2N3O2. The van der Waals surface area contributed by atoms with Gasteiger partial charge in [-0.05, 0) is 12.8 Å². The van der Waals surface area contributed by atoms with Gasteiger partial charge in [-0.3, -0.25) is 0 Å². The van der Waals surface area contributed by atoms with Crippen molar-refractivity contribution in [1.82, 2.24) is 10.1 Å². The minimum atomic E-state index is -2.45. The molecule has 0 bridgehead atoms. The van der Waals surface area contributed by atoms with Crippen molar-refractivity contribution in [3.63, 3.8) is 0 Å². The summed E-state index contributed by atoms with van der Waals surface area (Å²) in [6.07, 6.45) is 1.72. The molecule has 1 aliphatic rings. The van der Waals surface area contributed by atoms with Crippen LogP contribution in [-0.2, 0) is 16.7 Å². The van der Waals surface area contributed by atoms with Crippen LogP contribution in [0.3, 0.4) is 0 Å². The molecule has 1 aliphatic carbocycles. The Balaban J connectivity index is 1.83. The molecule has 0 saturated heterocycles. The van der Waals surface area contributed by atoms with Crippen LogP contribution in [0.25, 0.3) is 0 Å². The highest BCUT2D eigenvalue weighted by atomic mass is 19.3. The zero-order chi connectivity index (χ0) is 13.0. The third-order valence-corrected chi connectivity index (χ3v) is 3.10. The smallest absolute Gasteiger partial charge is 0.261 e. The molecule has 1 aromatic rings. The number of aromatic nitrogens is 2. The Kier molecular flexibility index (Phi) is 4.23. The van der Waals surface area contributed by atoms with Gasteiger partial charge in [-0.1, -0.05) is 18.0 Å². The monoisotopic (exact) mass is 261 g/mol. The van der Waals surface area contributed by atoms with E-state index >= 15 is 0 Å². The molecule has 0 unspecified atom stereocenters. The van der Waals surface area contributed by atoms with Crippen molar-refractivity contribution in [2.75, 3.05) is 13.2 Å². The van der Waals surface area contributed by atoms with Gasteiger partial charge in [-0.25, -0.2) is 8.78 Å². The van der Waals surface area contributed by atoms with Gasteiger partial charge in [-0.15, -0.1) is 0 Å². The van der Waals surface area contributed by atoms with Gasteiger partial charge in [0.1, 0.15) is 6.61 Å². The van der Waals surface area contributed by atoms with Gasteiger partial charge >= 0.3 is 0 Å². The fourth-order valence-corrected chi connectivity index (χ4v) is 2.11. The number of hydrogen-bond donors (Lipinski definition) is 1.